The normalized spacial score (nSPS) is 17.7. The first kappa shape index (κ1) is 17.5. The van der Waals surface area contributed by atoms with E-state index in [1.165, 1.54) is 0 Å². The van der Waals surface area contributed by atoms with Crippen molar-refractivity contribution in [1.82, 2.24) is 4.90 Å². The maximum absolute atomic E-state index is 12.7. The predicted molar refractivity (Wildman–Crippen MR) is 103 cm³/mol. The highest BCUT2D eigenvalue weighted by molar-refractivity contribution is 6.13. The lowest BCUT2D eigenvalue weighted by atomic mass is 10.0. The fourth-order valence-electron chi connectivity index (χ4n) is 3.19. The summed E-state index contributed by atoms with van der Waals surface area (Å²) in [6.45, 7) is 2.56. The number of methoxy groups -OCH3 is 1. The number of allylic oxidation sites excluding steroid dienone is 3. The smallest absolute Gasteiger partial charge is 0.231 e. The molecule has 0 atom stereocenters. The number of benzene rings is 2. The molecule has 0 N–H and O–H groups in total. The molecule has 2 aliphatic heterocycles. The van der Waals surface area contributed by atoms with Crippen LogP contribution in [0.1, 0.15) is 21.5 Å². The maximum atomic E-state index is 12.7. The van der Waals surface area contributed by atoms with Gasteiger partial charge in [0.2, 0.25) is 5.78 Å². The van der Waals surface area contributed by atoms with E-state index in [2.05, 4.69) is 4.90 Å². The van der Waals surface area contributed by atoms with Crippen LogP contribution < -0.4 is 9.47 Å². The van der Waals surface area contributed by atoms with E-state index in [0.717, 1.165) is 23.4 Å². The Balaban J connectivity index is 1.56. The third kappa shape index (κ3) is 3.65. The molecule has 0 aromatic heterocycles. The van der Waals surface area contributed by atoms with Gasteiger partial charge in [0.1, 0.15) is 18.2 Å². The molecule has 0 fully saturated rings. The Morgan fingerprint density at radius 1 is 1.19 bits per heavy atom. The van der Waals surface area contributed by atoms with Crippen molar-refractivity contribution >= 4 is 11.9 Å². The van der Waals surface area contributed by atoms with Crippen LogP contribution in [0.5, 0.6) is 11.5 Å². The highest BCUT2D eigenvalue weighted by Crippen LogP contribution is 2.41. The lowest BCUT2D eigenvalue weighted by Gasteiger charge is -2.29. The molecule has 0 unspecified atom stereocenters. The Morgan fingerprint density at radius 3 is 2.85 bits per heavy atom. The highest BCUT2D eigenvalue weighted by Gasteiger charge is 2.33. The molecule has 0 aliphatic carbocycles. The van der Waals surface area contributed by atoms with Crippen molar-refractivity contribution in [3.8, 4) is 11.5 Å². The first-order valence-corrected chi connectivity index (χ1v) is 8.92. The lowest BCUT2D eigenvalue weighted by Crippen LogP contribution is -2.34. The van der Waals surface area contributed by atoms with Crippen molar-refractivity contribution in [2.24, 2.45) is 0 Å². The topological polar surface area (TPSA) is 48.0 Å². The fourth-order valence-corrected chi connectivity index (χ4v) is 3.19. The summed E-state index contributed by atoms with van der Waals surface area (Å²) >= 11 is 0. The largest absolute Gasteiger partial charge is 0.478 e. The van der Waals surface area contributed by atoms with Gasteiger partial charge in [0.05, 0.1) is 17.7 Å². The van der Waals surface area contributed by atoms with E-state index in [-0.39, 0.29) is 5.78 Å². The van der Waals surface area contributed by atoms with Gasteiger partial charge in [-0.2, -0.15) is 0 Å². The highest BCUT2D eigenvalue weighted by atomic mass is 16.5. The van der Waals surface area contributed by atoms with E-state index < -0.39 is 0 Å². The van der Waals surface area contributed by atoms with E-state index in [9.17, 15) is 4.79 Å². The van der Waals surface area contributed by atoms with Crippen molar-refractivity contribution in [2.45, 2.75) is 6.54 Å². The van der Waals surface area contributed by atoms with Crippen LogP contribution in [0.3, 0.4) is 0 Å². The summed E-state index contributed by atoms with van der Waals surface area (Å²) < 4.78 is 16.9. The molecule has 2 aromatic rings. The summed E-state index contributed by atoms with van der Waals surface area (Å²) in [6.07, 6.45) is 5.49. The average Bonchev–Trinajstić information content (AvgIpc) is 3.03. The van der Waals surface area contributed by atoms with Gasteiger partial charge in [-0.15, -0.1) is 0 Å². The van der Waals surface area contributed by atoms with Gasteiger partial charge in [0, 0.05) is 20.2 Å². The van der Waals surface area contributed by atoms with E-state index in [0.29, 0.717) is 37.0 Å². The second kappa shape index (κ2) is 7.78. The molecule has 0 radical (unpaired) electrons. The molecule has 138 valence electrons. The molecule has 0 saturated heterocycles. The number of ether oxygens (including phenoxy) is 3. The van der Waals surface area contributed by atoms with E-state index >= 15 is 0 Å². The second-order valence-corrected chi connectivity index (χ2v) is 6.47. The van der Waals surface area contributed by atoms with Gasteiger partial charge in [0.15, 0.2) is 5.76 Å². The number of rotatable bonds is 5. The Kier molecular flexibility index (Phi) is 5.05. The van der Waals surface area contributed by atoms with E-state index in [4.69, 9.17) is 14.2 Å². The Bertz CT molecular complexity index is 902. The van der Waals surface area contributed by atoms with Crippen LogP contribution in [0.15, 0.2) is 60.4 Å². The first-order chi connectivity index (χ1) is 13.3. The minimum Gasteiger partial charge on any atom is -0.478 e. The Morgan fingerprint density at radius 2 is 2.04 bits per heavy atom. The number of hydrogen-bond donors (Lipinski definition) is 0. The Hall–Kier alpha value is -2.89. The summed E-state index contributed by atoms with van der Waals surface area (Å²) in [5.74, 6) is 1.62. The summed E-state index contributed by atoms with van der Waals surface area (Å²) in [4.78, 5) is 14.8. The summed E-state index contributed by atoms with van der Waals surface area (Å²) in [5.41, 5.74) is 2.57. The molecule has 5 nitrogen and oxygen atoms in total. The summed E-state index contributed by atoms with van der Waals surface area (Å²) in [6, 6.07) is 13.6. The number of nitrogens with zero attached hydrogens (tertiary/aromatic N) is 1. The van der Waals surface area contributed by atoms with Crippen LogP contribution in [-0.2, 0) is 11.3 Å². The van der Waals surface area contributed by atoms with Crippen molar-refractivity contribution < 1.29 is 19.0 Å². The van der Waals surface area contributed by atoms with Crippen LogP contribution in [0.25, 0.3) is 6.08 Å². The number of Topliss-reactive ketones (excluding diaryl/α,β-unsaturated/α-hetero) is 1. The molecule has 4 rings (SSSR count). The Labute approximate surface area is 158 Å². The van der Waals surface area contributed by atoms with Gasteiger partial charge in [0.25, 0.3) is 0 Å². The van der Waals surface area contributed by atoms with Crippen molar-refractivity contribution in [3.63, 3.8) is 0 Å². The second-order valence-electron chi connectivity index (χ2n) is 6.47. The number of ketones is 1. The zero-order valence-corrected chi connectivity index (χ0v) is 15.2. The number of carbonyl (C=O) groups excluding carboxylic acids is 1. The van der Waals surface area contributed by atoms with Crippen LogP contribution in [0.2, 0.25) is 0 Å². The van der Waals surface area contributed by atoms with Crippen molar-refractivity contribution in [3.05, 3.63) is 77.1 Å². The molecule has 2 aromatic carbocycles. The average molecular weight is 363 g/mol. The van der Waals surface area contributed by atoms with E-state index in [1.54, 1.807) is 19.3 Å². The minimum atomic E-state index is -0.0977. The molecule has 2 heterocycles. The van der Waals surface area contributed by atoms with Gasteiger partial charge >= 0.3 is 0 Å². The summed E-state index contributed by atoms with van der Waals surface area (Å²) in [5, 5.41) is 0. The molecule has 0 bridgehead atoms. The molecular formula is C22H21NO4. The molecule has 2 aliphatic rings. The standard InChI is InChI=1S/C22H21NO4/c1-25-13-12-23-14-18-19(26-15-23)11-10-17-21(24)20(27-22(17)18)9-5-8-16-6-3-2-4-7-16/h2-11H,12-15H2,1H3/b8-5+,20-9+. The maximum Gasteiger partial charge on any atom is 0.231 e. The van der Waals surface area contributed by atoms with Crippen molar-refractivity contribution in [2.75, 3.05) is 27.0 Å². The van der Waals surface area contributed by atoms with E-state index in [1.807, 2.05) is 48.6 Å². The first-order valence-electron chi connectivity index (χ1n) is 8.92. The van der Waals surface area contributed by atoms with Crippen LogP contribution in [-0.4, -0.2) is 37.7 Å². The minimum absolute atomic E-state index is 0.0977. The van der Waals surface area contributed by atoms with Gasteiger partial charge < -0.3 is 14.2 Å². The van der Waals surface area contributed by atoms with Crippen LogP contribution >= 0.6 is 0 Å². The third-order valence-corrected chi connectivity index (χ3v) is 4.63. The molecule has 5 heteroatoms. The molecule has 0 amide bonds. The predicted octanol–water partition coefficient (Wildman–Crippen LogP) is 3.66. The van der Waals surface area contributed by atoms with Crippen LogP contribution in [0, 0.1) is 0 Å². The molecular weight excluding hydrogens is 342 g/mol. The molecule has 27 heavy (non-hydrogen) atoms. The van der Waals surface area contributed by atoms with Crippen molar-refractivity contribution in [1.29, 1.82) is 0 Å². The zero-order chi connectivity index (χ0) is 18.6. The summed E-state index contributed by atoms with van der Waals surface area (Å²) in [7, 11) is 1.68. The molecule has 0 spiro atoms. The fraction of sp³-hybridized carbons (Fsp3) is 0.227. The molecule has 0 saturated carbocycles. The monoisotopic (exact) mass is 363 g/mol. The quantitative estimate of drug-likeness (QED) is 0.759. The van der Waals surface area contributed by atoms with Gasteiger partial charge in [-0.25, -0.2) is 0 Å². The number of carbonyl (C=O) groups is 1. The van der Waals surface area contributed by atoms with Gasteiger partial charge in [-0.1, -0.05) is 42.5 Å². The number of fused-ring (bicyclic) bond motifs is 3. The van der Waals surface area contributed by atoms with Gasteiger partial charge in [-0.05, 0) is 23.8 Å². The van der Waals surface area contributed by atoms with Gasteiger partial charge in [-0.3, -0.25) is 9.69 Å². The lowest BCUT2D eigenvalue weighted by molar-refractivity contribution is 0.0646. The zero-order valence-electron chi connectivity index (χ0n) is 15.2. The third-order valence-electron chi connectivity index (χ3n) is 4.63. The number of hydrogen-bond acceptors (Lipinski definition) is 5. The van der Waals surface area contributed by atoms with Crippen LogP contribution in [0.4, 0.5) is 0 Å². The SMILES string of the molecule is COCCN1COc2ccc3c(c2C1)O/C(=C/C=C/c1ccccc1)C3=O.